The van der Waals surface area contributed by atoms with E-state index >= 15 is 0 Å². The quantitative estimate of drug-likeness (QED) is 0.799. The summed E-state index contributed by atoms with van der Waals surface area (Å²) in [6.45, 7) is 1.92. The van der Waals surface area contributed by atoms with Gasteiger partial charge in [0.05, 0.1) is 19.7 Å². The minimum Gasteiger partial charge on any atom is -0.497 e. The molecule has 0 aliphatic carbocycles. The van der Waals surface area contributed by atoms with Gasteiger partial charge in [-0.25, -0.2) is 4.68 Å². The minimum absolute atomic E-state index is 0.0571. The van der Waals surface area contributed by atoms with E-state index in [0.29, 0.717) is 11.4 Å². The van der Waals surface area contributed by atoms with Gasteiger partial charge in [-0.1, -0.05) is 18.1 Å². The Balaban J connectivity index is 1.98. The maximum Gasteiger partial charge on any atom is 0.246 e. The van der Waals surface area contributed by atoms with Gasteiger partial charge in [0.1, 0.15) is 12.1 Å². The van der Waals surface area contributed by atoms with E-state index < -0.39 is 18.1 Å². The molecule has 21 heavy (non-hydrogen) atoms. The fourth-order valence-electron chi connectivity index (χ4n) is 1.85. The fraction of sp³-hybridized carbons (Fsp3) is 0.125. The molecular weight excluding hydrogens is 264 g/mol. The van der Waals surface area contributed by atoms with Gasteiger partial charge in [-0.2, -0.15) is 4.98 Å². The predicted molar refractivity (Wildman–Crippen MR) is 82.4 cm³/mol. The maximum atomic E-state index is 7.99. The first-order valence-electron chi connectivity index (χ1n) is 8.73. The molecule has 1 aromatic heterocycles. The van der Waals surface area contributed by atoms with Crippen LogP contribution in [0.5, 0.6) is 5.75 Å². The molecule has 1 N–H and O–H groups in total. The molecule has 3 rings (SSSR count). The van der Waals surface area contributed by atoms with Crippen molar-refractivity contribution in [1.82, 2.24) is 14.8 Å². The number of hydrogen-bond donors (Lipinski definition) is 1. The Bertz CT molecular complexity index is 960. The van der Waals surface area contributed by atoms with Crippen LogP contribution in [0.1, 0.15) is 12.4 Å². The topological polar surface area (TPSA) is 52.0 Å². The van der Waals surface area contributed by atoms with Crippen molar-refractivity contribution < 1.29 is 11.6 Å². The first-order valence-corrected chi connectivity index (χ1v) is 6.23. The molecule has 1 heterocycles. The lowest BCUT2D eigenvalue weighted by Gasteiger charge is -2.06. The largest absolute Gasteiger partial charge is 0.497 e. The molecule has 5 heteroatoms. The Hall–Kier alpha value is -2.82. The second kappa shape index (κ2) is 5.66. The average molecular weight is 285 g/mol. The first kappa shape index (κ1) is 8.46. The number of aryl methyl sites for hydroxylation is 1. The SMILES string of the molecule is [2H]c1c([2H])c([2H])c(-n2cnc(Nc3cc(C)cc(OC)c3)n2)c([2H])c1[2H]. The summed E-state index contributed by atoms with van der Waals surface area (Å²) < 4.78 is 45.5. The van der Waals surface area contributed by atoms with Crippen LogP contribution >= 0.6 is 0 Å². The van der Waals surface area contributed by atoms with Gasteiger partial charge >= 0.3 is 0 Å². The molecule has 0 aliphatic heterocycles. The lowest BCUT2D eigenvalue weighted by atomic mass is 10.2. The first-order chi connectivity index (χ1) is 12.3. The van der Waals surface area contributed by atoms with Crippen LogP contribution in [0.4, 0.5) is 11.6 Å². The Labute approximate surface area is 130 Å². The number of nitrogens with one attached hydrogen (secondary N) is 1. The number of nitrogens with zero attached hydrogens (tertiary/aromatic N) is 3. The van der Waals surface area contributed by atoms with Crippen LogP contribution in [0.15, 0.2) is 54.7 Å². The Kier molecular flexibility index (Phi) is 2.28. The van der Waals surface area contributed by atoms with Crippen LogP contribution in [0.25, 0.3) is 5.69 Å². The van der Waals surface area contributed by atoms with Crippen molar-refractivity contribution in [2.24, 2.45) is 0 Å². The van der Waals surface area contributed by atoms with E-state index in [1.54, 1.807) is 13.2 Å². The van der Waals surface area contributed by atoms with Crippen molar-refractivity contribution in [2.45, 2.75) is 6.92 Å². The number of rotatable bonds is 4. The van der Waals surface area contributed by atoms with E-state index in [0.717, 1.165) is 10.2 Å². The molecule has 0 amide bonds. The standard InChI is InChI=1S/C16H16N4O/c1-12-8-13(10-15(9-12)21-2)18-16-17-11-20(19-16)14-6-4-3-5-7-14/h3-11H,1-2H3,(H,18,19)/i3D,4D,5D,6D,7D. The summed E-state index contributed by atoms with van der Waals surface area (Å²) in [4.78, 5) is 4.10. The second-order valence-electron chi connectivity index (χ2n) is 4.35. The molecule has 0 spiro atoms. The Morgan fingerprint density at radius 3 is 2.76 bits per heavy atom. The monoisotopic (exact) mass is 285 g/mol. The third-order valence-electron chi connectivity index (χ3n) is 2.75. The zero-order valence-corrected chi connectivity index (χ0v) is 11.6. The number of anilines is 2. The molecule has 2 aromatic carbocycles. The summed E-state index contributed by atoms with van der Waals surface area (Å²) in [6.07, 6.45) is 1.29. The summed E-state index contributed by atoms with van der Waals surface area (Å²) in [6, 6.07) is 3.56. The maximum absolute atomic E-state index is 7.99. The van der Waals surface area contributed by atoms with Crippen LogP contribution in [-0.4, -0.2) is 21.9 Å². The van der Waals surface area contributed by atoms with Crippen LogP contribution in [0.3, 0.4) is 0 Å². The van der Waals surface area contributed by atoms with E-state index in [4.69, 9.17) is 11.6 Å². The Morgan fingerprint density at radius 1 is 1.19 bits per heavy atom. The third kappa shape index (κ3) is 3.02. The second-order valence-corrected chi connectivity index (χ2v) is 4.35. The summed E-state index contributed by atoms with van der Waals surface area (Å²) >= 11 is 0. The minimum atomic E-state index is -0.450. The molecule has 0 aliphatic rings. The van der Waals surface area contributed by atoms with Gasteiger partial charge in [-0.15, -0.1) is 5.10 Å². The molecule has 3 aromatic rings. The number of ether oxygens (including phenoxy) is 1. The van der Waals surface area contributed by atoms with Crippen molar-refractivity contribution in [3.63, 3.8) is 0 Å². The molecule has 106 valence electrons. The lowest BCUT2D eigenvalue weighted by molar-refractivity contribution is 0.414. The van der Waals surface area contributed by atoms with Gasteiger partial charge in [0.25, 0.3) is 0 Å². The highest BCUT2D eigenvalue weighted by atomic mass is 16.5. The smallest absolute Gasteiger partial charge is 0.246 e. The highest BCUT2D eigenvalue weighted by Gasteiger charge is 2.04. The number of hydrogen-bond acceptors (Lipinski definition) is 4. The van der Waals surface area contributed by atoms with E-state index in [1.165, 1.54) is 6.33 Å². The van der Waals surface area contributed by atoms with Crippen LogP contribution < -0.4 is 10.1 Å². The number of methoxy groups -OCH3 is 1. The third-order valence-corrected chi connectivity index (χ3v) is 2.75. The number of para-hydroxylation sites is 1. The van der Waals surface area contributed by atoms with E-state index in [-0.39, 0.29) is 23.7 Å². The summed E-state index contributed by atoms with van der Waals surface area (Å²) in [7, 11) is 1.57. The molecule has 5 nitrogen and oxygen atoms in total. The summed E-state index contributed by atoms with van der Waals surface area (Å²) in [5.41, 5.74) is 1.64. The molecule has 0 unspecified atom stereocenters. The average Bonchev–Trinajstić information content (AvgIpc) is 3.05. The van der Waals surface area contributed by atoms with Crippen molar-refractivity contribution in [3.05, 3.63) is 60.3 Å². The van der Waals surface area contributed by atoms with Crippen LogP contribution in [0, 0.1) is 6.92 Å². The summed E-state index contributed by atoms with van der Waals surface area (Å²) in [5, 5.41) is 7.19. The van der Waals surface area contributed by atoms with Gasteiger partial charge < -0.3 is 10.1 Å². The molecule has 0 saturated carbocycles. The predicted octanol–water partition coefficient (Wildman–Crippen LogP) is 3.33. The van der Waals surface area contributed by atoms with Gasteiger partial charge in [0.2, 0.25) is 5.95 Å². The normalized spacial score (nSPS) is 13.7. The zero-order valence-electron chi connectivity index (χ0n) is 16.6. The van der Waals surface area contributed by atoms with Gasteiger partial charge in [0.15, 0.2) is 0 Å². The molecule has 0 radical (unpaired) electrons. The molecule has 0 bridgehead atoms. The van der Waals surface area contributed by atoms with Gasteiger partial charge in [0, 0.05) is 11.8 Å². The summed E-state index contributed by atoms with van der Waals surface area (Å²) in [5.74, 6) is 0.905. The van der Waals surface area contributed by atoms with Crippen molar-refractivity contribution in [3.8, 4) is 11.4 Å². The molecule has 0 saturated heterocycles. The van der Waals surface area contributed by atoms with Gasteiger partial charge in [-0.3, -0.25) is 0 Å². The van der Waals surface area contributed by atoms with Crippen molar-refractivity contribution in [2.75, 3.05) is 12.4 Å². The van der Waals surface area contributed by atoms with Crippen molar-refractivity contribution >= 4 is 11.6 Å². The van der Waals surface area contributed by atoms with Gasteiger partial charge in [-0.05, 0) is 36.7 Å². The molecule has 0 atom stereocenters. The lowest BCUT2D eigenvalue weighted by Crippen LogP contribution is -1.97. The van der Waals surface area contributed by atoms with Crippen LogP contribution in [0.2, 0.25) is 0 Å². The number of aromatic nitrogens is 3. The zero-order chi connectivity index (χ0) is 19.0. The van der Waals surface area contributed by atoms with E-state index in [9.17, 15) is 0 Å². The number of benzene rings is 2. The fourth-order valence-corrected chi connectivity index (χ4v) is 1.85. The highest BCUT2D eigenvalue weighted by Crippen LogP contribution is 2.22. The molecule has 0 fully saturated rings. The van der Waals surface area contributed by atoms with Crippen molar-refractivity contribution in [1.29, 1.82) is 0 Å². The Morgan fingerprint density at radius 2 is 2.00 bits per heavy atom. The van der Waals surface area contributed by atoms with E-state index in [1.807, 2.05) is 19.1 Å². The van der Waals surface area contributed by atoms with Crippen LogP contribution in [-0.2, 0) is 0 Å². The van der Waals surface area contributed by atoms with E-state index in [2.05, 4.69) is 15.4 Å². The molecular formula is C16H16N4O. The highest BCUT2D eigenvalue weighted by molar-refractivity contribution is 5.57.